The lowest BCUT2D eigenvalue weighted by atomic mass is 10.1. The van der Waals surface area contributed by atoms with Gasteiger partial charge in [0.15, 0.2) is 6.61 Å². The van der Waals surface area contributed by atoms with Gasteiger partial charge in [0.1, 0.15) is 11.3 Å². The van der Waals surface area contributed by atoms with Crippen molar-refractivity contribution in [1.29, 1.82) is 0 Å². The molecule has 1 amide bonds. The van der Waals surface area contributed by atoms with E-state index >= 15 is 0 Å². The summed E-state index contributed by atoms with van der Waals surface area (Å²) >= 11 is 0. The Labute approximate surface area is 169 Å². The molecule has 0 unspecified atom stereocenters. The molecule has 3 aromatic rings. The van der Waals surface area contributed by atoms with Crippen LogP contribution in [0.1, 0.15) is 30.0 Å². The molecule has 0 fully saturated rings. The molecule has 0 radical (unpaired) electrons. The summed E-state index contributed by atoms with van der Waals surface area (Å²) in [5, 5.41) is 10.2. The Bertz CT molecular complexity index is 990. The maximum atomic E-state index is 12.6. The number of carbonyl (C=O) groups excluding carboxylic acids is 2. The monoisotopic (exact) mass is 395 g/mol. The average Bonchev–Trinajstić information content (AvgIpc) is 3.09. The maximum Gasteiger partial charge on any atom is 0.310 e. The molecule has 3 rings (SSSR count). The van der Waals surface area contributed by atoms with Crippen molar-refractivity contribution in [3.8, 4) is 5.75 Å². The third-order valence-electron chi connectivity index (χ3n) is 4.67. The Morgan fingerprint density at radius 2 is 1.90 bits per heavy atom. The summed E-state index contributed by atoms with van der Waals surface area (Å²) in [6.07, 6.45) is 2.28. The number of hydrogen-bond donors (Lipinski definition) is 1. The lowest BCUT2D eigenvalue weighted by molar-refractivity contribution is -0.151. The number of carbonyl (C=O) groups is 2. The Morgan fingerprint density at radius 3 is 2.62 bits per heavy atom. The van der Waals surface area contributed by atoms with Gasteiger partial charge in [-0.1, -0.05) is 36.8 Å². The van der Waals surface area contributed by atoms with Crippen molar-refractivity contribution in [3.05, 3.63) is 65.4 Å². The first-order chi connectivity index (χ1) is 14.0. The number of phenols is 1. The van der Waals surface area contributed by atoms with Gasteiger partial charge in [-0.3, -0.25) is 9.59 Å². The van der Waals surface area contributed by atoms with E-state index in [-0.39, 0.29) is 24.7 Å². The zero-order chi connectivity index (χ0) is 20.8. The van der Waals surface area contributed by atoms with Crippen molar-refractivity contribution >= 4 is 22.8 Å². The molecule has 1 N–H and O–H groups in total. The van der Waals surface area contributed by atoms with Gasteiger partial charge in [-0.25, -0.2) is 0 Å². The zero-order valence-electron chi connectivity index (χ0n) is 16.7. The fourth-order valence-corrected chi connectivity index (χ4v) is 3.12. The number of benzene rings is 2. The summed E-state index contributed by atoms with van der Waals surface area (Å²) in [5.41, 5.74) is 3.36. The van der Waals surface area contributed by atoms with Crippen LogP contribution >= 0.6 is 0 Å². The van der Waals surface area contributed by atoms with Gasteiger partial charge < -0.3 is 19.2 Å². The van der Waals surface area contributed by atoms with Crippen molar-refractivity contribution in [3.63, 3.8) is 0 Å². The molecule has 0 spiro atoms. The molecule has 0 saturated carbocycles. The maximum absolute atomic E-state index is 12.6. The minimum atomic E-state index is -0.499. The summed E-state index contributed by atoms with van der Waals surface area (Å²) in [6.45, 7) is 4.81. The van der Waals surface area contributed by atoms with Gasteiger partial charge in [-0.15, -0.1) is 0 Å². The van der Waals surface area contributed by atoms with Gasteiger partial charge in [0, 0.05) is 30.1 Å². The Hall–Kier alpha value is -3.28. The van der Waals surface area contributed by atoms with Crippen molar-refractivity contribution < 1.29 is 23.8 Å². The average molecular weight is 395 g/mol. The molecule has 2 aromatic carbocycles. The summed E-state index contributed by atoms with van der Waals surface area (Å²) in [6, 6.07) is 12.7. The molecule has 0 atom stereocenters. The number of rotatable bonds is 8. The van der Waals surface area contributed by atoms with Gasteiger partial charge >= 0.3 is 5.97 Å². The molecule has 6 heteroatoms. The number of aromatic hydroxyl groups is 1. The molecular formula is C23H25NO5. The van der Waals surface area contributed by atoms with Crippen LogP contribution in [-0.4, -0.2) is 35.0 Å². The highest BCUT2D eigenvalue weighted by Gasteiger charge is 2.17. The van der Waals surface area contributed by atoms with Gasteiger partial charge in [0.05, 0.1) is 12.7 Å². The first-order valence-corrected chi connectivity index (χ1v) is 9.64. The Kier molecular flexibility index (Phi) is 6.54. The lowest BCUT2D eigenvalue weighted by Crippen LogP contribution is -2.35. The predicted molar refractivity (Wildman–Crippen MR) is 109 cm³/mol. The van der Waals surface area contributed by atoms with Crippen molar-refractivity contribution in [2.75, 3.05) is 13.2 Å². The number of ether oxygens (including phenoxy) is 1. The SMILES string of the molecule is CCCN(Cc1ccc(C)cc1)C(=O)COC(=O)Cc1coc2cc(O)ccc12. The molecule has 0 saturated heterocycles. The lowest BCUT2D eigenvalue weighted by Gasteiger charge is -2.22. The van der Waals surface area contributed by atoms with Gasteiger partial charge in [-0.05, 0) is 31.0 Å². The normalized spacial score (nSPS) is 10.8. The van der Waals surface area contributed by atoms with Crippen LogP contribution in [0.3, 0.4) is 0 Å². The number of esters is 1. The molecule has 152 valence electrons. The molecule has 0 aliphatic heterocycles. The minimum absolute atomic E-state index is 0.00318. The second-order valence-electron chi connectivity index (χ2n) is 7.08. The van der Waals surface area contributed by atoms with Crippen LogP contribution in [0.4, 0.5) is 0 Å². The number of aryl methyl sites for hydroxylation is 1. The first-order valence-electron chi connectivity index (χ1n) is 9.64. The minimum Gasteiger partial charge on any atom is -0.508 e. The summed E-state index contributed by atoms with van der Waals surface area (Å²) < 4.78 is 10.6. The molecule has 29 heavy (non-hydrogen) atoms. The van der Waals surface area contributed by atoms with Crippen LogP contribution < -0.4 is 0 Å². The Morgan fingerprint density at radius 1 is 1.14 bits per heavy atom. The van der Waals surface area contributed by atoms with E-state index in [1.807, 2.05) is 38.1 Å². The van der Waals surface area contributed by atoms with Gasteiger partial charge in [0.2, 0.25) is 0 Å². The molecule has 1 aromatic heterocycles. The number of nitrogens with zero attached hydrogens (tertiary/aromatic N) is 1. The molecule has 0 aliphatic rings. The highest BCUT2D eigenvalue weighted by Crippen LogP contribution is 2.25. The largest absolute Gasteiger partial charge is 0.508 e. The fourth-order valence-electron chi connectivity index (χ4n) is 3.12. The van der Waals surface area contributed by atoms with Crippen molar-refractivity contribution in [2.24, 2.45) is 0 Å². The third-order valence-corrected chi connectivity index (χ3v) is 4.67. The number of furan rings is 1. The van der Waals surface area contributed by atoms with E-state index in [0.717, 1.165) is 22.9 Å². The van der Waals surface area contributed by atoms with Crippen molar-refractivity contribution in [2.45, 2.75) is 33.2 Å². The highest BCUT2D eigenvalue weighted by molar-refractivity contribution is 5.87. The van der Waals surface area contributed by atoms with Crippen LogP contribution in [0, 0.1) is 6.92 Å². The van der Waals surface area contributed by atoms with E-state index in [2.05, 4.69) is 0 Å². The van der Waals surface area contributed by atoms with E-state index in [0.29, 0.717) is 24.2 Å². The quantitative estimate of drug-likeness (QED) is 0.584. The van der Waals surface area contributed by atoms with E-state index in [9.17, 15) is 14.7 Å². The first kappa shape index (κ1) is 20.5. The molecular weight excluding hydrogens is 370 g/mol. The van der Waals surface area contributed by atoms with Crippen LogP contribution in [0.2, 0.25) is 0 Å². The van der Waals surface area contributed by atoms with E-state index < -0.39 is 5.97 Å². The van der Waals surface area contributed by atoms with E-state index in [1.54, 1.807) is 11.0 Å². The summed E-state index contributed by atoms with van der Waals surface area (Å²) in [5.74, 6) is -0.625. The van der Waals surface area contributed by atoms with Gasteiger partial charge in [0.25, 0.3) is 5.91 Å². The fraction of sp³-hybridized carbons (Fsp3) is 0.304. The molecule has 1 heterocycles. The highest BCUT2D eigenvalue weighted by atomic mass is 16.5. The number of fused-ring (bicyclic) bond motifs is 1. The van der Waals surface area contributed by atoms with E-state index in [1.165, 1.54) is 18.4 Å². The Balaban J connectivity index is 1.56. The third kappa shape index (κ3) is 5.38. The predicted octanol–water partition coefficient (Wildman–Crippen LogP) is 3.97. The number of phenolic OH excluding ortho intramolecular Hbond substituents is 1. The number of hydrogen-bond acceptors (Lipinski definition) is 5. The zero-order valence-corrected chi connectivity index (χ0v) is 16.7. The summed E-state index contributed by atoms with van der Waals surface area (Å²) in [7, 11) is 0. The van der Waals surface area contributed by atoms with Crippen LogP contribution in [0.15, 0.2) is 53.1 Å². The molecule has 6 nitrogen and oxygen atoms in total. The van der Waals surface area contributed by atoms with Gasteiger partial charge in [-0.2, -0.15) is 0 Å². The van der Waals surface area contributed by atoms with Crippen LogP contribution in [0.25, 0.3) is 11.0 Å². The van der Waals surface area contributed by atoms with E-state index in [4.69, 9.17) is 9.15 Å². The topological polar surface area (TPSA) is 80.0 Å². The second-order valence-corrected chi connectivity index (χ2v) is 7.08. The summed E-state index contributed by atoms with van der Waals surface area (Å²) in [4.78, 5) is 26.5. The number of amides is 1. The van der Waals surface area contributed by atoms with Crippen LogP contribution in [0.5, 0.6) is 5.75 Å². The molecule has 0 bridgehead atoms. The van der Waals surface area contributed by atoms with Crippen molar-refractivity contribution in [1.82, 2.24) is 4.90 Å². The smallest absolute Gasteiger partial charge is 0.310 e. The second kappa shape index (κ2) is 9.28. The molecule has 0 aliphatic carbocycles. The van der Waals surface area contributed by atoms with Crippen LogP contribution in [-0.2, 0) is 27.3 Å². The standard InChI is InChI=1S/C23H25NO5/c1-3-10-24(13-17-6-4-16(2)5-7-17)22(26)15-29-23(27)11-18-14-28-21-12-19(25)8-9-20(18)21/h4-9,12,14,25H,3,10-11,13,15H2,1-2H3.